The van der Waals surface area contributed by atoms with E-state index in [1.54, 1.807) is 5.38 Å². The Morgan fingerprint density at radius 3 is 2.37 bits per heavy atom. The van der Waals surface area contributed by atoms with Gasteiger partial charge in [0.15, 0.2) is 0 Å². The third kappa shape index (κ3) is 4.74. The van der Waals surface area contributed by atoms with E-state index in [1.165, 1.54) is 22.3 Å². The second-order valence-corrected chi connectivity index (χ2v) is 10.4. The number of thiophene rings is 1. The minimum absolute atomic E-state index is 0.0291. The monoisotopic (exact) mass is 449 g/mol. The number of anilines is 1. The SMILES string of the molecule is Cc1cccc(C)c1NC(=O)CN(C)C(=O)c1sccc1S(=O)(=O)N1CCCCC1. The molecule has 1 aliphatic heterocycles. The molecule has 0 unspecified atom stereocenters. The van der Waals surface area contributed by atoms with Crippen LogP contribution in [0.4, 0.5) is 5.69 Å². The van der Waals surface area contributed by atoms with E-state index in [0.29, 0.717) is 13.1 Å². The van der Waals surface area contributed by atoms with Crippen LogP contribution in [0.15, 0.2) is 34.5 Å². The van der Waals surface area contributed by atoms with Crippen molar-refractivity contribution in [3.8, 4) is 0 Å². The number of nitrogens with zero attached hydrogens (tertiary/aromatic N) is 2. The number of likely N-dealkylation sites (N-methyl/N-ethyl adjacent to an activating group) is 1. The first kappa shape index (κ1) is 22.5. The number of hydrogen-bond acceptors (Lipinski definition) is 5. The van der Waals surface area contributed by atoms with Crippen LogP contribution in [0.5, 0.6) is 0 Å². The molecule has 0 bridgehead atoms. The summed E-state index contributed by atoms with van der Waals surface area (Å²) in [5.41, 5.74) is 2.60. The molecule has 9 heteroatoms. The molecule has 1 aromatic heterocycles. The van der Waals surface area contributed by atoms with Gasteiger partial charge in [0.25, 0.3) is 5.91 Å². The van der Waals surface area contributed by atoms with Crippen LogP contribution in [0.25, 0.3) is 0 Å². The minimum Gasteiger partial charge on any atom is -0.332 e. The number of piperidine rings is 1. The van der Waals surface area contributed by atoms with Crippen molar-refractivity contribution in [2.24, 2.45) is 0 Å². The van der Waals surface area contributed by atoms with Gasteiger partial charge in [-0.3, -0.25) is 9.59 Å². The standard InChI is InChI=1S/C21H27N3O4S2/c1-15-8-7-9-16(2)19(15)22-18(25)14-23(3)21(26)20-17(10-13-29-20)30(27,28)24-11-5-4-6-12-24/h7-10,13H,4-6,11-12,14H2,1-3H3,(H,22,25). The predicted molar refractivity (Wildman–Crippen MR) is 118 cm³/mol. The fraction of sp³-hybridized carbons (Fsp3) is 0.429. The van der Waals surface area contributed by atoms with Crippen LogP contribution >= 0.6 is 11.3 Å². The second-order valence-electron chi connectivity index (χ2n) is 7.55. The van der Waals surface area contributed by atoms with Crippen molar-refractivity contribution in [1.82, 2.24) is 9.21 Å². The van der Waals surface area contributed by atoms with Gasteiger partial charge in [0.1, 0.15) is 9.77 Å². The number of carbonyl (C=O) groups is 2. The van der Waals surface area contributed by atoms with Crippen LogP contribution < -0.4 is 5.32 Å². The van der Waals surface area contributed by atoms with Crippen LogP contribution in [-0.4, -0.2) is 56.1 Å². The normalized spacial score (nSPS) is 15.0. The lowest BCUT2D eigenvalue weighted by molar-refractivity contribution is -0.116. The molecular weight excluding hydrogens is 422 g/mol. The van der Waals surface area contributed by atoms with Crippen LogP contribution in [0.2, 0.25) is 0 Å². The van der Waals surface area contributed by atoms with Gasteiger partial charge < -0.3 is 10.2 Å². The van der Waals surface area contributed by atoms with Gasteiger partial charge in [-0.1, -0.05) is 24.6 Å². The number of nitrogens with one attached hydrogen (secondary N) is 1. The number of carbonyl (C=O) groups excluding carboxylic acids is 2. The van der Waals surface area contributed by atoms with E-state index in [0.717, 1.165) is 47.4 Å². The number of para-hydroxylation sites is 1. The largest absolute Gasteiger partial charge is 0.332 e. The molecule has 30 heavy (non-hydrogen) atoms. The highest BCUT2D eigenvalue weighted by Crippen LogP contribution is 2.28. The summed E-state index contributed by atoms with van der Waals surface area (Å²) < 4.78 is 27.5. The van der Waals surface area contributed by atoms with Crippen molar-refractivity contribution in [3.63, 3.8) is 0 Å². The zero-order valence-electron chi connectivity index (χ0n) is 17.5. The van der Waals surface area contributed by atoms with Crippen molar-refractivity contribution in [2.75, 3.05) is 32.0 Å². The molecule has 7 nitrogen and oxygen atoms in total. The summed E-state index contributed by atoms with van der Waals surface area (Å²) in [7, 11) is -2.22. The highest BCUT2D eigenvalue weighted by atomic mass is 32.2. The van der Waals surface area contributed by atoms with Crippen LogP contribution in [0, 0.1) is 13.8 Å². The smallest absolute Gasteiger partial charge is 0.265 e. The Hall–Kier alpha value is -2.23. The van der Waals surface area contributed by atoms with E-state index in [2.05, 4.69) is 5.32 Å². The molecule has 1 aliphatic rings. The third-order valence-corrected chi connectivity index (χ3v) is 8.20. The van der Waals surface area contributed by atoms with Gasteiger partial charge in [0.2, 0.25) is 15.9 Å². The van der Waals surface area contributed by atoms with Crippen molar-refractivity contribution < 1.29 is 18.0 Å². The fourth-order valence-electron chi connectivity index (χ4n) is 3.55. The molecule has 1 fully saturated rings. The lowest BCUT2D eigenvalue weighted by Crippen LogP contribution is -2.38. The first-order chi connectivity index (χ1) is 14.2. The van der Waals surface area contributed by atoms with E-state index in [1.807, 2.05) is 32.0 Å². The van der Waals surface area contributed by atoms with Crippen LogP contribution in [-0.2, 0) is 14.8 Å². The summed E-state index contributed by atoms with van der Waals surface area (Å²) in [6, 6.07) is 7.20. The Bertz CT molecular complexity index is 1020. The highest BCUT2D eigenvalue weighted by molar-refractivity contribution is 7.89. The first-order valence-electron chi connectivity index (χ1n) is 9.91. The van der Waals surface area contributed by atoms with Gasteiger partial charge in [-0.25, -0.2) is 8.42 Å². The van der Waals surface area contributed by atoms with Crippen molar-refractivity contribution in [3.05, 3.63) is 45.6 Å². The van der Waals surface area contributed by atoms with Gasteiger partial charge in [-0.15, -0.1) is 11.3 Å². The van der Waals surface area contributed by atoms with E-state index < -0.39 is 15.9 Å². The molecule has 0 radical (unpaired) electrons. The molecule has 3 rings (SSSR count). The maximum atomic E-state index is 13.0. The number of rotatable bonds is 6. The Morgan fingerprint density at radius 2 is 1.73 bits per heavy atom. The van der Waals surface area contributed by atoms with Crippen molar-refractivity contribution in [1.29, 1.82) is 0 Å². The lowest BCUT2D eigenvalue weighted by atomic mass is 10.1. The quantitative estimate of drug-likeness (QED) is 0.733. The van der Waals surface area contributed by atoms with Gasteiger partial charge in [0.05, 0.1) is 6.54 Å². The molecule has 1 saturated heterocycles. The molecule has 0 saturated carbocycles. The summed E-state index contributed by atoms with van der Waals surface area (Å²) in [6.07, 6.45) is 2.66. The highest BCUT2D eigenvalue weighted by Gasteiger charge is 2.32. The lowest BCUT2D eigenvalue weighted by Gasteiger charge is -2.26. The molecular formula is C21H27N3O4S2. The second kappa shape index (κ2) is 9.28. The van der Waals surface area contributed by atoms with Gasteiger partial charge in [-0.2, -0.15) is 4.31 Å². The number of sulfonamides is 1. The Kier molecular flexibility index (Phi) is 6.95. The Labute approximate surface area is 181 Å². The fourth-order valence-corrected chi connectivity index (χ4v) is 6.46. The topological polar surface area (TPSA) is 86.8 Å². The number of benzene rings is 1. The molecule has 162 valence electrons. The molecule has 2 aromatic rings. The van der Waals surface area contributed by atoms with Gasteiger partial charge in [-0.05, 0) is 49.3 Å². The summed E-state index contributed by atoms with van der Waals surface area (Å²) >= 11 is 1.08. The molecule has 1 aromatic carbocycles. The van der Waals surface area contributed by atoms with E-state index in [-0.39, 0.29) is 22.2 Å². The molecule has 1 N–H and O–H groups in total. The van der Waals surface area contributed by atoms with Gasteiger partial charge >= 0.3 is 0 Å². The summed E-state index contributed by atoms with van der Waals surface area (Å²) in [5, 5.41) is 4.46. The number of aryl methyl sites for hydroxylation is 2. The third-order valence-electron chi connectivity index (χ3n) is 5.23. The van der Waals surface area contributed by atoms with E-state index in [9.17, 15) is 18.0 Å². The Morgan fingerprint density at radius 1 is 1.10 bits per heavy atom. The molecule has 0 atom stereocenters. The first-order valence-corrected chi connectivity index (χ1v) is 12.2. The molecule has 2 amide bonds. The van der Waals surface area contributed by atoms with E-state index >= 15 is 0 Å². The van der Waals surface area contributed by atoms with Gasteiger partial charge in [0, 0.05) is 25.8 Å². The maximum absolute atomic E-state index is 13.0. The number of hydrogen-bond donors (Lipinski definition) is 1. The summed E-state index contributed by atoms with van der Waals surface area (Å²) in [4.78, 5) is 26.9. The number of amides is 2. The zero-order valence-corrected chi connectivity index (χ0v) is 19.1. The van der Waals surface area contributed by atoms with Crippen LogP contribution in [0.1, 0.15) is 40.1 Å². The predicted octanol–water partition coefficient (Wildman–Crippen LogP) is 3.25. The maximum Gasteiger partial charge on any atom is 0.265 e. The molecule has 0 spiro atoms. The van der Waals surface area contributed by atoms with Crippen molar-refractivity contribution in [2.45, 2.75) is 38.0 Å². The minimum atomic E-state index is -3.72. The van der Waals surface area contributed by atoms with Crippen LogP contribution in [0.3, 0.4) is 0 Å². The molecule has 0 aliphatic carbocycles. The van der Waals surface area contributed by atoms with E-state index in [4.69, 9.17) is 0 Å². The average Bonchev–Trinajstić information content (AvgIpc) is 3.21. The average molecular weight is 450 g/mol. The Balaban J connectivity index is 1.73. The summed E-state index contributed by atoms with van der Waals surface area (Å²) in [6.45, 7) is 4.58. The summed E-state index contributed by atoms with van der Waals surface area (Å²) in [5.74, 6) is -0.808. The zero-order chi connectivity index (χ0) is 21.9. The molecule has 2 heterocycles. The van der Waals surface area contributed by atoms with Crippen molar-refractivity contribution >= 4 is 38.9 Å².